The van der Waals surface area contributed by atoms with Crippen molar-refractivity contribution < 1.29 is 28.6 Å². The number of para-hydroxylation sites is 1. The second kappa shape index (κ2) is 8.73. The quantitative estimate of drug-likeness (QED) is 0.586. The number of allylic oxidation sites excluding steroid dienone is 3. The molecule has 0 amide bonds. The van der Waals surface area contributed by atoms with Gasteiger partial charge in [0.2, 0.25) is 0 Å². The fourth-order valence-electron chi connectivity index (χ4n) is 4.38. The first-order valence-electron chi connectivity index (χ1n) is 9.98. The van der Waals surface area contributed by atoms with Crippen molar-refractivity contribution in [2.45, 2.75) is 33.1 Å². The minimum Gasteiger partial charge on any atom is -0.496 e. The molecule has 1 heterocycles. The number of carbonyl (C=O) groups excluding carboxylic acids is 3. The van der Waals surface area contributed by atoms with Crippen LogP contribution in [0.25, 0.3) is 0 Å². The molecule has 7 heteroatoms. The van der Waals surface area contributed by atoms with Crippen LogP contribution in [0.3, 0.4) is 0 Å². The largest absolute Gasteiger partial charge is 0.496 e. The van der Waals surface area contributed by atoms with Gasteiger partial charge in [-0.25, -0.2) is 4.79 Å². The van der Waals surface area contributed by atoms with E-state index in [4.69, 9.17) is 14.2 Å². The van der Waals surface area contributed by atoms with Gasteiger partial charge in [0.1, 0.15) is 11.7 Å². The summed E-state index contributed by atoms with van der Waals surface area (Å²) in [4.78, 5) is 38.9. The second-order valence-electron chi connectivity index (χ2n) is 7.50. The molecule has 3 rings (SSSR count). The number of Topliss-reactive ketones (excluding diaryl/α,β-unsaturated/α-hetero) is 1. The average Bonchev–Trinajstić information content (AvgIpc) is 2.72. The smallest absolute Gasteiger partial charge is 0.336 e. The van der Waals surface area contributed by atoms with Crippen LogP contribution in [0.2, 0.25) is 0 Å². The highest BCUT2D eigenvalue weighted by Crippen LogP contribution is 2.47. The highest BCUT2D eigenvalue weighted by Gasteiger charge is 2.47. The lowest BCUT2D eigenvalue weighted by Gasteiger charge is -2.38. The summed E-state index contributed by atoms with van der Waals surface area (Å²) in [7, 11) is 2.81. The molecule has 1 aromatic rings. The number of hydrogen-bond donors (Lipinski definition) is 1. The Balaban J connectivity index is 2.23. The Morgan fingerprint density at radius 1 is 1.20 bits per heavy atom. The summed E-state index contributed by atoms with van der Waals surface area (Å²) in [6.07, 6.45) is 0.486. The molecule has 0 aromatic heterocycles. The molecule has 0 saturated carbocycles. The number of ether oxygens (including phenoxy) is 3. The van der Waals surface area contributed by atoms with Crippen LogP contribution in [0.15, 0.2) is 46.8 Å². The van der Waals surface area contributed by atoms with Crippen LogP contribution in [0, 0.1) is 11.8 Å². The van der Waals surface area contributed by atoms with E-state index in [-0.39, 0.29) is 18.3 Å². The Labute approximate surface area is 176 Å². The van der Waals surface area contributed by atoms with Crippen LogP contribution in [-0.4, -0.2) is 38.5 Å². The van der Waals surface area contributed by atoms with Crippen LogP contribution in [-0.2, 0) is 23.9 Å². The predicted octanol–water partition coefficient (Wildman–Crippen LogP) is 2.87. The maximum atomic E-state index is 13.6. The zero-order valence-corrected chi connectivity index (χ0v) is 17.9. The normalized spacial score (nSPS) is 23.5. The third-order valence-electron chi connectivity index (χ3n) is 5.69. The highest BCUT2D eigenvalue weighted by atomic mass is 16.5. The van der Waals surface area contributed by atoms with Crippen molar-refractivity contribution in [3.05, 3.63) is 52.4 Å². The minimum absolute atomic E-state index is 0.204. The molecular formula is C23H27NO6. The summed E-state index contributed by atoms with van der Waals surface area (Å²) in [5, 5.41) is 3.23. The Morgan fingerprint density at radius 3 is 2.53 bits per heavy atom. The lowest BCUT2D eigenvalue weighted by atomic mass is 9.69. The number of carbonyl (C=O) groups is 3. The van der Waals surface area contributed by atoms with Gasteiger partial charge in [-0.3, -0.25) is 9.59 Å². The summed E-state index contributed by atoms with van der Waals surface area (Å²) >= 11 is 0. The number of esters is 2. The van der Waals surface area contributed by atoms with Gasteiger partial charge in [0.05, 0.1) is 32.3 Å². The Kier molecular flexibility index (Phi) is 6.29. The number of benzene rings is 1. The number of hydrogen-bond acceptors (Lipinski definition) is 7. The molecular weight excluding hydrogens is 386 g/mol. The van der Waals surface area contributed by atoms with Gasteiger partial charge in [0, 0.05) is 22.5 Å². The number of methoxy groups -OCH3 is 2. The summed E-state index contributed by atoms with van der Waals surface area (Å²) in [6, 6.07) is 7.25. The molecule has 1 N–H and O–H groups in total. The topological polar surface area (TPSA) is 90.9 Å². The van der Waals surface area contributed by atoms with Crippen molar-refractivity contribution in [2.24, 2.45) is 11.8 Å². The predicted molar refractivity (Wildman–Crippen MR) is 110 cm³/mol. The molecule has 1 aliphatic heterocycles. The summed E-state index contributed by atoms with van der Waals surface area (Å²) in [6.45, 7) is 5.58. The van der Waals surface area contributed by atoms with E-state index >= 15 is 0 Å². The number of rotatable bonds is 5. The molecule has 1 aliphatic carbocycles. The van der Waals surface area contributed by atoms with E-state index in [1.807, 2.05) is 25.1 Å². The third-order valence-corrected chi connectivity index (χ3v) is 5.69. The first-order chi connectivity index (χ1) is 14.3. The van der Waals surface area contributed by atoms with Crippen molar-refractivity contribution in [1.29, 1.82) is 0 Å². The SMILES string of the molecule is CCOC(=O)C1=C(C)NC2=C(C(=O)[C@@H](C(=O)OC)[C@H](C)C2)[C@H]1c1ccccc1OC. The van der Waals surface area contributed by atoms with Gasteiger partial charge in [-0.1, -0.05) is 25.1 Å². The maximum absolute atomic E-state index is 13.6. The fourth-order valence-corrected chi connectivity index (χ4v) is 4.38. The van der Waals surface area contributed by atoms with E-state index in [9.17, 15) is 14.4 Å². The molecule has 2 aliphatic rings. The molecule has 7 nitrogen and oxygen atoms in total. The van der Waals surface area contributed by atoms with Crippen LogP contribution >= 0.6 is 0 Å². The van der Waals surface area contributed by atoms with Crippen LogP contribution in [0.1, 0.15) is 38.7 Å². The Bertz CT molecular complexity index is 945. The Morgan fingerprint density at radius 2 is 1.90 bits per heavy atom. The summed E-state index contributed by atoms with van der Waals surface area (Å²) in [5.41, 5.74) is 2.74. The molecule has 160 valence electrons. The van der Waals surface area contributed by atoms with Crippen LogP contribution in [0.5, 0.6) is 5.75 Å². The van der Waals surface area contributed by atoms with E-state index < -0.39 is 23.8 Å². The maximum Gasteiger partial charge on any atom is 0.336 e. The monoisotopic (exact) mass is 413 g/mol. The lowest BCUT2D eigenvalue weighted by molar-refractivity contribution is -0.151. The fraction of sp³-hybridized carbons (Fsp3) is 0.435. The first-order valence-corrected chi connectivity index (χ1v) is 9.98. The molecule has 0 radical (unpaired) electrons. The van der Waals surface area contributed by atoms with Gasteiger partial charge in [-0.2, -0.15) is 0 Å². The van der Waals surface area contributed by atoms with E-state index in [1.54, 1.807) is 19.9 Å². The van der Waals surface area contributed by atoms with Crippen molar-refractivity contribution in [2.75, 3.05) is 20.8 Å². The van der Waals surface area contributed by atoms with Crippen molar-refractivity contribution >= 4 is 17.7 Å². The number of nitrogens with one attached hydrogen (secondary N) is 1. The Hall–Kier alpha value is -3.09. The lowest BCUT2D eigenvalue weighted by Crippen LogP contribution is -2.43. The molecule has 1 aromatic carbocycles. The van der Waals surface area contributed by atoms with Gasteiger partial charge < -0.3 is 19.5 Å². The summed E-state index contributed by atoms with van der Waals surface area (Å²) in [5.74, 6) is -2.72. The van der Waals surface area contributed by atoms with Crippen molar-refractivity contribution in [1.82, 2.24) is 5.32 Å². The average molecular weight is 413 g/mol. The second-order valence-corrected chi connectivity index (χ2v) is 7.50. The van der Waals surface area contributed by atoms with Crippen LogP contribution < -0.4 is 10.1 Å². The molecule has 0 spiro atoms. The molecule has 0 fully saturated rings. The van der Waals surface area contributed by atoms with Crippen molar-refractivity contribution in [3.63, 3.8) is 0 Å². The first kappa shape index (κ1) is 21.6. The molecule has 30 heavy (non-hydrogen) atoms. The van der Waals surface area contributed by atoms with E-state index in [0.29, 0.717) is 40.3 Å². The van der Waals surface area contributed by atoms with E-state index in [1.165, 1.54) is 14.2 Å². The van der Waals surface area contributed by atoms with Gasteiger partial charge in [0.25, 0.3) is 0 Å². The minimum atomic E-state index is -0.922. The molecule has 3 atom stereocenters. The van der Waals surface area contributed by atoms with Crippen LogP contribution in [0.4, 0.5) is 0 Å². The third kappa shape index (κ3) is 3.60. The molecule has 0 saturated heterocycles. The van der Waals surface area contributed by atoms with Gasteiger partial charge >= 0.3 is 11.9 Å². The van der Waals surface area contributed by atoms with E-state index in [2.05, 4.69) is 5.32 Å². The number of dihydropyridines is 1. The van der Waals surface area contributed by atoms with Gasteiger partial charge in [0.15, 0.2) is 5.78 Å². The standard InChI is InChI=1S/C23H27NO6/c1-6-30-23(27)18-13(3)24-15-11-12(2)17(22(26)29-5)21(25)20(15)19(18)14-9-7-8-10-16(14)28-4/h7-10,12,17,19,24H,6,11H2,1-5H3/t12-,17+,19+/m1/s1. The zero-order valence-electron chi connectivity index (χ0n) is 17.9. The molecule has 0 unspecified atom stereocenters. The van der Waals surface area contributed by atoms with Gasteiger partial charge in [-0.05, 0) is 32.3 Å². The summed E-state index contributed by atoms with van der Waals surface area (Å²) < 4.78 is 15.7. The van der Waals surface area contributed by atoms with E-state index in [0.717, 1.165) is 0 Å². The molecule has 0 bridgehead atoms. The highest BCUT2D eigenvalue weighted by molar-refractivity contribution is 6.12. The zero-order chi connectivity index (χ0) is 22.0. The number of ketones is 1. The van der Waals surface area contributed by atoms with Crippen molar-refractivity contribution in [3.8, 4) is 5.75 Å². The van der Waals surface area contributed by atoms with Gasteiger partial charge in [-0.15, -0.1) is 0 Å².